The number of methoxy groups -OCH3 is 1. The van der Waals surface area contributed by atoms with Gasteiger partial charge in [-0.1, -0.05) is 42.9 Å². The second-order valence-corrected chi connectivity index (χ2v) is 3.37. The van der Waals surface area contributed by atoms with Gasteiger partial charge in [0.1, 0.15) is 0 Å². The summed E-state index contributed by atoms with van der Waals surface area (Å²) < 4.78 is 4.38. The van der Waals surface area contributed by atoms with E-state index in [-0.39, 0.29) is 46.6 Å². The second kappa shape index (κ2) is 30.6. The summed E-state index contributed by atoms with van der Waals surface area (Å²) in [6.07, 6.45) is 1.18. The average Bonchev–Trinajstić information content (AvgIpc) is 2.28. The molecule has 0 aromatic heterocycles. The Morgan fingerprint density at radius 1 is 1.47 bits per heavy atom. The van der Waals surface area contributed by atoms with Crippen molar-refractivity contribution in [2.45, 2.75) is 13.8 Å². The van der Waals surface area contributed by atoms with Crippen LogP contribution in [0.25, 0.3) is 0 Å². The Kier molecular flexibility index (Phi) is 50.3. The van der Waals surface area contributed by atoms with E-state index in [1.54, 1.807) is 19.9 Å². The molecule has 0 aliphatic heterocycles. The molecule has 0 saturated carbocycles. The third kappa shape index (κ3) is 97.0. The minimum absolute atomic E-state index is 0. The minimum Gasteiger partial charge on any atom is -0.466 e. The Morgan fingerprint density at radius 3 is 1.68 bits per heavy atom. The van der Waals surface area contributed by atoms with E-state index in [0.29, 0.717) is 5.57 Å². The predicted octanol–water partition coefficient (Wildman–Crippen LogP) is 2.98. The van der Waals surface area contributed by atoms with Gasteiger partial charge in [0, 0.05) is 47.8 Å². The molecule has 0 aromatic rings. The second-order valence-electron chi connectivity index (χ2n) is 2.26. The summed E-state index contributed by atoms with van der Waals surface area (Å²) in [6.45, 7) is 13.1. The normalized spacial score (nSPS) is 5.95. The van der Waals surface area contributed by atoms with Gasteiger partial charge in [-0.25, -0.2) is 4.79 Å². The molecule has 0 saturated heterocycles. The van der Waals surface area contributed by atoms with Gasteiger partial charge < -0.3 is 9.84 Å². The van der Waals surface area contributed by atoms with E-state index in [9.17, 15) is 4.79 Å². The first kappa shape index (κ1) is 31.2. The Labute approximate surface area is 147 Å². The molecule has 0 rings (SSSR count). The van der Waals surface area contributed by atoms with Gasteiger partial charge in [-0.05, 0) is 13.8 Å². The number of nitriles is 1. The molecule has 0 aliphatic carbocycles. The number of hydrogen-bond acceptors (Lipinski definition) is 4. The fraction of sp³-hybridized carbons (Fsp3) is 0.333. The maximum absolute atomic E-state index is 10.2. The number of aliphatic hydroxyl groups excluding tert-OH is 1. The van der Waals surface area contributed by atoms with Crippen LogP contribution in [0.2, 0.25) is 0 Å². The molecule has 0 bridgehead atoms. The number of rotatable bonds is 1. The molecule has 0 aliphatic rings. The van der Waals surface area contributed by atoms with Gasteiger partial charge in [0.05, 0.1) is 17.7 Å². The number of carbonyl (C=O) groups is 1. The summed E-state index contributed by atoms with van der Waals surface area (Å²) >= 11 is 9.69. The van der Waals surface area contributed by atoms with E-state index in [1.807, 2.05) is 0 Å². The van der Waals surface area contributed by atoms with E-state index >= 15 is 0 Å². The molecule has 0 unspecified atom stereocenters. The zero-order valence-electron chi connectivity index (χ0n) is 11.9. The van der Waals surface area contributed by atoms with E-state index in [0.717, 1.165) is 0 Å². The molecule has 0 spiro atoms. The molecule has 0 aromatic carbocycles. The largest absolute Gasteiger partial charge is 0.466 e. The van der Waals surface area contributed by atoms with Crippen LogP contribution in [-0.4, -0.2) is 54.3 Å². The number of allylic oxidation sites excluding steroid dienone is 1. The molecule has 1 radical (unpaired) electrons. The van der Waals surface area contributed by atoms with Crippen LogP contribution in [0.3, 0.4) is 0 Å². The van der Waals surface area contributed by atoms with Crippen LogP contribution in [0.15, 0.2) is 35.9 Å². The summed E-state index contributed by atoms with van der Waals surface area (Å²) in [6, 6.07) is 1.69. The molecule has 0 amide bonds. The van der Waals surface area contributed by atoms with Crippen molar-refractivity contribution >= 4 is 58.7 Å². The Bertz CT molecular complexity index is 285. The molecule has 4 nitrogen and oxygen atoms in total. The van der Waals surface area contributed by atoms with Crippen molar-refractivity contribution in [1.29, 1.82) is 5.26 Å². The van der Waals surface area contributed by atoms with Gasteiger partial charge in [-0.3, -0.25) is 0 Å². The van der Waals surface area contributed by atoms with Gasteiger partial charge in [0.2, 0.25) is 0 Å². The molecule has 0 fully saturated rings. The van der Waals surface area contributed by atoms with Crippen LogP contribution in [-0.2, 0) is 9.53 Å². The Balaban J connectivity index is -0.0000000478. The van der Waals surface area contributed by atoms with Crippen molar-refractivity contribution in [1.82, 2.24) is 0 Å². The first-order valence-electron chi connectivity index (χ1n) is 4.60. The Morgan fingerprint density at radius 2 is 1.68 bits per heavy atom. The average molecular weight is 319 g/mol. The zero-order valence-corrected chi connectivity index (χ0v) is 15.4. The number of carbonyl (C=O) groups excluding carboxylic acids is 1. The summed E-state index contributed by atoms with van der Waals surface area (Å²) in [4.78, 5) is 10.2. The molecule has 7 heteroatoms. The fourth-order valence-corrected chi connectivity index (χ4v) is 0.174. The topological polar surface area (TPSA) is 70.3 Å². The first-order valence-corrected chi connectivity index (χ1v) is 5.35. The SMILES string of the molecule is C=C(C)C(=O)OC.C=C(Cl)Cl.C=CC#N.CCO.[Na]. The van der Waals surface area contributed by atoms with Crippen molar-refractivity contribution in [2.75, 3.05) is 13.7 Å². The van der Waals surface area contributed by atoms with E-state index in [2.05, 4.69) is 24.5 Å². The fourth-order valence-electron chi connectivity index (χ4n) is 0.174. The molecule has 0 heterocycles. The summed E-state index contributed by atoms with van der Waals surface area (Å²) in [5.41, 5.74) is 0.433. The molecule has 1 N–H and O–H groups in total. The van der Waals surface area contributed by atoms with Gasteiger partial charge >= 0.3 is 5.97 Å². The van der Waals surface area contributed by atoms with Crippen LogP contribution in [0.5, 0.6) is 0 Å². The van der Waals surface area contributed by atoms with Crippen LogP contribution >= 0.6 is 23.2 Å². The monoisotopic (exact) mass is 318 g/mol. The Hall–Kier alpha value is -0.280. The maximum atomic E-state index is 10.2. The number of hydrogen-bond donors (Lipinski definition) is 1. The van der Waals surface area contributed by atoms with E-state index < -0.39 is 0 Å². The summed E-state index contributed by atoms with van der Waals surface area (Å²) in [7, 11) is 1.33. The third-order valence-electron chi connectivity index (χ3n) is 0.625. The first-order chi connectivity index (χ1) is 8.24. The number of ether oxygens (including phenoxy) is 1. The summed E-state index contributed by atoms with van der Waals surface area (Å²) in [5.74, 6) is -0.347. The van der Waals surface area contributed by atoms with Crippen LogP contribution in [0, 0.1) is 11.3 Å². The number of esters is 1. The van der Waals surface area contributed by atoms with E-state index in [1.165, 1.54) is 13.2 Å². The van der Waals surface area contributed by atoms with Crippen molar-refractivity contribution in [2.24, 2.45) is 0 Å². The minimum atomic E-state index is -0.347. The number of halogens is 2. The van der Waals surface area contributed by atoms with E-state index in [4.69, 9.17) is 33.6 Å². The quantitative estimate of drug-likeness (QED) is 0.349. The molecular weight excluding hydrogens is 300 g/mol. The van der Waals surface area contributed by atoms with Gasteiger partial charge in [0.25, 0.3) is 0 Å². The van der Waals surface area contributed by atoms with Crippen molar-refractivity contribution < 1.29 is 14.6 Å². The van der Waals surface area contributed by atoms with Crippen molar-refractivity contribution in [3.8, 4) is 6.07 Å². The van der Waals surface area contributed by atoms with Gasteiger partial charge in [-0.15, -0.1) is 0 Å². The standard InChI is InChI=1S/C5H8O2.C3H3N.C2H2Cl2.C2H6O.Na/c1-4(2)5(6)7-3;1-2-3-4;1-2(3)4;1-2-3;/h1H2,2-3H3;2H,1H2;1H2;3H,2H2,1H3;. The van der Waals surface area contributed by atoms with Crippen LogP contribution < -0.4 is 0 Å². The smallest absolute Gasteiger partial charge is 0.332 e. The molecule has 0 atom stereocenters. The third-order valence-corrected chi connectivity index (χ3v) is 0.625. The van der Waals surface area contributed by atoms with Crippen molar-refractivity contribution in [3.63, 3.8) is 0 Å². The maximum Gasteiger partial charge on any atom is 0.332 e. The van der Waals surface area contributed by atoms with Gasteiger partial charge in [0.15, 0.2) is 0 Å². The summed E-state index contributed by atoms with van der Waals surface area (Å²) in [5, 5.41) is 15.1. The number of nitrogens with zero attached hydrogens (tertiary/aromatic N) is 1. The van der Waals surface area contributed by atoms with Crippen LogP contribution in [0.4, 0.5) is 0 Å². The zero-order chi connectivity index (χ0) is 15.6. The van der Waals surface area contributed by atoms with Crippen LogP contribution in [0.1, 0.15) is 13.8 Å². The van der Waals surface area contributed by atoms with Crippen molar-refractivity contribution in [3.05, 3.63) is 35.9 Å². The number of aliphatic hydroxyl groups is 1. The molecule has 19 heavy (non-hydrogen) atoms. The van der Waals surface area contributed by atoms with Gasteiger partial charge in [-0.2, -0.15) is 5.26 Å². The predicted molar refractivity (Wildman–Crippen MR) is 82.0 cm³/mol. The molecule has 105 valence electrons. The molecular formula is C12H19Cl2NNaO3.